The quantitative estimate of drug-likeness (QED) is 0.503. The van der Waals surface area contributed by atoms with Crippen molar-refractivity contribution < 1.29 is 4.39 Å². The molecule has 0 amide bonds. The number of hydrogen-bond acceptors (Lipinski definition) is 3. The SMILES string of the molecule is CC1CN(Cc2ccc(F)cc2)CC1c1cn2c(-c3ccc(Cl)cc3)ncc2c(=O)[nH]1. The average molecular weight is 437 g/mol. The van der Waals surface area contributed by atoms with Gasteiger partial charge in [0, 0.05) is 48.0 Å². The maximum absolute atomic E-state index is 13.2. The normalized spacial score (nSPS) is 19.3. The fourth-order valence-corrected chi connectivity index (χ4v) is 4.60. The summed E-state index contributed by atoms with van der Waals surface area (Å²) in [4.78, 5) is 22.7. The third-order valence-electron chi connectivity index (χ3n) is 6.06. The average Bonchev–Trinajstić information content (AvgIpc) is 3.34. The molecule has 0 aliphatic carbocycles. The zero-order chi connectivity index (χ0) is 21.5. The summed E-state index contributed by atoms with van der Waals surface area (Å²) < 4.78 is 15.1. The van der Waals surface area contributed by atoms with E-state index in [-0.39, 0.29) is 17.3 Å². The Morgan fingerprint density at radius 3 is 2.61 bits per heavy atom. The van der Waals surface area contributed by atoms with Gasteiger partial charge in [0.05, 0.1) is 6.20 Å². The molecule has 1 aliphatic rings. The molecule has 2 aromatic heterocycles. The van der Waals surface area contributed by atoms with Crippen molar-refractivity contribution in [3.8, 4) is 11.4 Å². The highest BCUT2D eigenvalue weighted by Crippen LogP contribution is 2.32. The molecule has 1 saturated heterocycles. The van der Waals surface area contributed by atoms with E-state index in [1.807, 2.05) is 47.0 Å². The smallest absolute Gasteiger partial charge is 0.274 e. The van der Waals surface area contributed by atoms with Gasteiger partial charge in [0.2, 0.25) is 0 Å². The molecule has 2 aromatic carbocycles. The summed E-state index contributed by atoms with van der Waals surface area (Å²) in [6.45, 7) is 4.70. The second kappa shape index (κ2) is 7.94. The van der Waals surface area contributed by atoms with Crippen LogP contribution < -0.4 is 5.56 Å². The summed E-state index contributed by atoms with van der Waals surface area (Å²) >= 11 is 6.02. The van der Waals surface area contributed by atoms with Gasteiger partial charge in [-0.05, 0) is 47.9 Å². The van der Waals surface area contributed by atoms with Crippen molar-refractivity contribution in [2.75, 3.05) is 13.1 Å². The number of halogens is 2. The first-order chi connectivity index (χ1) is 15.0. The van der Waals surface area contributed by atoms with Gasteiger partial charge in [0.15, 0.2) is 0 Å². The lowest BCUT2D eigenvalue weighted by Crippen LogP contribution is -2.21. The molecule has 0 spiro atoms. The Balaban J connectivity index is 1.45. The molecule has 7 heteroatoms. The molecule has 158 valence electrons. The number of nitrogens with zero attached hydrogens (tertiary/aromatic N) is 3. The standard InChI is InChI=1S/C24H22ClFN4O/c1-15-11-29(12-16-2-8-19(26)9-3-16)13-20(15)21-14-30-22(24(31)28-21)10-27-23(30)17-4-6-18(25)7-5-17/h2-10,14-15,20H,11-13H2,1H3,(H,28,31). The highest BCUT2D eigenvalue weighted by Gasteiger charge is 2.32. The van der Waals surface area contributed by atoms with Crippen LogP contribution in [-0.4, -0.2) is 32.4 Å². The van der Waals surface area contributed by atoms with Crippen LogP contribution >= 0.6 is 11.6 Å². The van der Waals surface area contributed by atoms with Crippen LogP contribution in [0.2, 0.25) is 5.02 Å². The highest BCUT2D eigenvalue weighted by molar-refractivity contribution is 6.30. The van der Waals surface area contributed by atoms with E-state index >= 15 is 0 Å². The zero-order valence-electron chi connectivity index (χ0n) is 17.1. The molecule has 0 radical (unpaired) electrons. The number of fused-ring (bicyclic) bond motifs is 1. The van der Waals surface area contributed by atoms with Crippen molar-refractivity contribution in [3.05, 3.63) is 93.4 Å². The summed E-state index contributed by atoms with van der Waals surface area (Å²) in [5.74, 6) is 1.06. The highest BCUT2D eigenvalue weighted by atomic mass is 35.5. The Hall–Kier alpha value is -2.96. The molecule has 0 saturated carbocycles. The number of nitrogens with one attached hydrogen (secondary N) is 1. The van der Waals surface area contributed by atoms with E-state index in [9.17, 15) is 9.18 Å². The molecule has 5 rings (SSSR count). The predicted octanol–water partition coefficient (Wildman–Crippen LogP) is 4.72. The van der Waals surface area contributed by atoms with Gasteiger partial charge in [-0.3, -0.25) is 14.1 Å². The van der Waals surface area contributed by atoms with Gasteiger partial charge in [-0.25, -0.2) is 9.37 Å². The molecule has 2 atom stereocenters. The Morgan fingerprint density at radius 1 is 1.13 bits per heavy atom. The number of hydrogen-bond donors (Lipinski definition) is 1. The molecule has 2 unspecified atom stereocenters. The number of benzene rings is 2. The number of imidazole rings is 1. The number of aromatic nitrogens is 3. The van der Waals surface area contributed by atoms with Crippen molar-refractivity contribution >= 4 is 17.1 Å². The molecule has 5 nitrogen and oxygen atoms in total. The lowest BCUT2D eigenvalue weighted by Gasteiger charge is -2.16. The van der Waals surface area contributed by atoms with Gasteiger partial charge in [-0.15, -0.1) is 0 Å². The van der Waals surface area contributed by atoms with E-state index in [4.69, 9.17) is 11.6 Å². The Bertz CT molecular complexity index is 1280. The summed E-state index contributed by atoms with van der Waals surface area (Å²) in [5.41, 5.74) is 3.26. The van der Waals surface area contributed by atoms with Gasteiger partial charge in [0.1, 0.15) is 17.2 Å². The lowest BCUT2D eigenvalue weighted by molar-refractivity contribution is 0.318. The van der Waals surface area contributed by atoms with E-state index in [1.54, 1.807) is 6.20 Å². The predicted molar refractivity (Wildman–Crippen MR) is 120 cm³/mol. The van der Waals surface area contributed by atoms with Crippen LogP contribution in [0, 0.1) is 11.7 Å². The molecule has 1 N–H and O–H groups in total. The molecule has 4 aromatic rings. The second-order valence-corrected chi connectivity index (χ2v) is 8.72. The molecular formula is C24H22ClFN4O. The van der Waals surface area contributed by atoms with Crippen molar-refractivity contribution in [2.24, 2.45) is 5.92 Å². The van der Waals surface area contributed by atoms with E-state index in [2.05, 4.69) is 21.8 Å². The molecule has 1 aliphatic heterocycles. The van der Waals surface area contributed by atoms with E-state index in [1.165, 1.54) is 12.1 Å². The van der Waals surface area contributed by atoms with Crippen molar-refractivity contribution in [3.63, 3.8) is 0 Å². The number of aromatic amines is 1. The number of likely N-dealkylation sites (tertiary alicyclic amines) is 1. The van der Waals surface area contributed by atoms with Gasteiger partial charge in [-0.2, -0.15) is 0 Å². The van der Waals surface area contributed by atoms with Crippen LogP contribution in [0.5, 0.6) is 0 Å². The van der Waals surface area contributed by atoms with Crippen LogP contribution in [0.3, 0.4) is 0 Å². The largest absolute Gasteiger partial charge is 0.323 e. The van der Waals surface area contributed by atoms with Crippen molar-refractivity contribution in [2.45, 2.75) is 19.4 Å². The fourth-order valence-electron chi connectivity index (χ4n) is 4.48. The van der Waals surface area contributed by atoms with Crippen LogP contribution in [0.1, 0.15) is 24.1 Å². The fraction of sp³-hybridized carbons (Fsp3) is 0.250. The van der Waals surface area contributed by atoms with Crippen molar-refractivity contribution in [1.29, 1.82) is 0 Å². The van der Waals surface area contributed by atoms with Gasteiger partial charge in [0.25, 0.3) is 5.56 Å². The molecule has 3 heterocycles. The Morgan fingerprint density at radius 2 is 1.87 bits per heavy atom. The minimum Gasteiger partial charge on any atom is -0.323 e. The monoisotopic (exact) mass is 436 g/mol. The first kappa shape index (κ1) is 20.0. The lowest BCUT2D eigenvalue weighted by atomic mass is 9.95. The minimum absolute atomic E-state index is 0.144. The summed E-state index contributed by atoms with van der Waals surface area (Å²) in [5, 5.41) is 0.657. The summed E-state index contributed by atoms with van der Waals surface area (Å²) in [7, 11) is 0. The van der Waals surface area contributed by atoms with Crippen LogP contribution in [-0.2, 0) is 6.54 Å². The van der Waals surface area contributed by atoms with Crippen LogP contribution in [0.25, 0.3) is 16.9 Å². The Labute approximate surface area is 184 Å². The zero-order valence-corrected chi connectivity index (χ0v) is 17.8. The maximum atomic E-state index is 13.2. The van der Waals surface area contributed by atoms with Gasteiger partial charge in [-0.1, -0.05) is 30.7 Å². The second-order valence-electron chi connectivity index (χ2n) is 8.29. The molecule has 31 heavy (non-hydrogen) atoms. The maximum Gasteiger partial charge on any atom is 0.274 e. The van der Waals surface area contributed by atoms with E-state index < -0.39 is 0 Å². The van der Waals surface area contributed by atoms with Gasteiger partial charge >= 0.3 is 0 Å². The topological polar surface area (TPSA) is 53.4 Å². The summed E-state index contributed by atoms with van der Waals surface area (Å²) in [6, 6.07) is 14.1. The minimum atomic E-state index is -0.223. The third kappa shape index (κ3) is 3.89. The van der Waals surface area contributed by atoms with Crippen molar-refractivity contribution in [1.82, 2.24) is 19.3 Å². The third-order valence-corrected chi connectivity index (χ3v) is 6.32. The summed E-state index contributed by atoms with van der Waals surface area (Å²) in [6.07, 6.45) is 3.60. The number of rotatable bonds is 4. The van der Waals surface area contributed by atoms with Crippen LogP contribution in [0.4, 0.5) is 4.39 Å². The van der Waals surface area contributed by atoms with Gasteiger partial charge < -0.3 is 4.98 Å². The first-order valence-electron chi connectivity index (χ1n) is 10.3. The molecular weight excluding hydrogens is 415 g/mol. The van der Waals surface area contributed by atoms with Crippen LogP contribution in [0.15, 0.2) is 65.7 Å². The molecule has 0 bridgehead atoms. The Kier molecular flexibility index (Phi) is 5.12. The first-order valence-corrected chi connectivity index (χ1v) is 10.7. The van der Waals surface area contributed by atoms with E-state index in [0.29, 0.717) is 22.3 Å². The molecule has 1 fully saturated rings. The number of H-pyrrole nitrogens is 1. The van der Waals surface area contributed by atoms with E-state index in [0.717, 1.165) is 36.5 Å².